The Morgan fingerprint density at radius 3 is 1.49 bits per heavy atom. The van der Waals surface area contributed by atoms with E-state index < -0.39 is 29.2 Å². The Balaban J connectivity index is 0.000000166. The van der Waals surface area contributed by atoms with Crippen molar-refractivity contribution in [1.29, 1.82) is 5.26 Å². The number of pyridine rings is 4. The summed E-state index contributed by atoms with van der Waals surface area (Å²) in [6, 6.07) is 24.9. The summed E-state index contributed by atoms with van der Waals surface area (Å²) in [4.78, 5) is 120. The Hall–Kier alpha value is -13.3. The summed E-state index contributed by atoms with van der Waals surface area (Å²) in [5, 5.41) is 21.0. The number of rotatable bonds is 16. The van der Waals surface area contributed by atoms with E-state index in [0.717, 1.165) is 34.2 Å². The maximum Gasteiger partial charge on any atom is 0.355 e. The molecule has 0 aliphatic carbocycles. The fourth-order valence-electron chi connectivity index (χ4n) is 17.0. The number of nitriles is 1. The van der Waals surface area contributed by atoms with Gasteiger partial charge in [-0.3, -0.25) is 29.2 Å². The predicted octanol–water partition coefficient (Wildman–Crippen LogP) is 19.1. The molecule has 0 radical (unpaired) electrons. The molecule has 0 bridgehead atoms. The lowest BCUT2D eigenvalue weighted by Crippen LogP contribution is -2.59. The van der Waals surface area contributed by atoms with Gasteiger partial charge in [0.05, 0.1) is 118 Å². The highest BCUT2D eigenvalue weighted by Crippen LogP contribution is 2.48. The summed E-state index contributed by atoms with van der Waals surface area (Å²) >= 11 is 20.5. The average molecular weight is 1820 g/mol. The number of carbonyl (C=O) groups is 3. The minimum atomic E-state index is -0.736. The maximum atomic E-state index is 15.1. The number of fused-ring (bicyclic) bond motifs is 3. The topological polar surface area (TPSA) is 284 Å². The van der Waals surface area contributed by atoms with Crippen molar-refractivity contribution in [2.24, 2.45) is 9.98 Å². The molecule has 3 saturated heterocycles. The Kier molecular flexibility index (Phi) is 28.3. The third-order valence-corrected chi connectivity index (χ3v) is 24.3. The number of nitrogens with zero attached hydrogens (tertiary/aromatic N) is 21. The van der Waals surface area contributed by atoms with Gasteiger partial charge in [0.1, 0.15) is 58.2 Å². The quantitative estimate of drug-likeness (QED) is 0.0879. The Labute approximate surface area is 769 Å². The number of amides is 3. The van der Waals surface area contributed by atoms with Gasteiger partial charge in [0.2, 0.25) is 17.7 Å². The second-order valence-electron chi connectivity index (χ2n) is 33.9. The van der Waals surface area contributed by atoms with Crippen molar-refractivity contribution in [3.63, 3.8) is 0 Å². The summed E-state index contributed by atoms with van der Waals surface area (Å²) in [5.41, 5.74) is 8.14. The van der Waals surface area contributed by atoms with E-state index in [1.165, 1.54) is 53.1 Å². The van der Waals surface area contributed by atoms with Crippen molar-refractivity contribution in [2.75, 3.05) is 60.5 Å². The summed E-state index contributed by atoms with van der Waals surface area (Å²) in [6.07, 6.45) is 7.24. The van der Waals surface area contributed by atoms with Gasteiger partial charge in [-0.1, -0.05) is 160 Å². The molecule has 26 nitrogen and oxygen atoms in total. The number of hydrogen-bond donors (Lipinski definition) is 1. The van der Waals surface area contributed by atoms with E-state index in [2.05, 4.69) is 105 Å². The zero-order chi connectivity index (χ0) is 94.2. The number of anilines is 5. The van der Waals surface area contributed by atoms with Crippen LogP contribution in [0.5, 0.6) is 5.75 Å². The van der Waals surface area contributed by atoms with Crippen LogP contribution in [0.25, 0.3) is 56.6 Å². The van der Waals surface area contributed by atoms with E-state index >= 15 is 13.2 Å². The van der Waals surface area contributed by atoms with Crippen LogP contribution in [0, 0.1) is 49.6 Å². The lowest BCUT2D eigenvalue weighted by Gasteiger charge is -2.46. The van der Waals surface area contributed by atoms with E-state index in [4.69, 9.17) is 74.7 Å². The number of aromatic nitrogens is 10. The average Bonchev–Trinajstić information content (AvgIpc) is 0.739. The maximum absolute atomic E-state index is 15.1. The van der Waals surface area contributed by atoms with E-state index in [-0.39, 0.29) is 129 Å². The first kappa shape index (κ1) is 94.3. The van der Waals surface area contributed by atoms with Crippen LogP contribution in [0.2, 0.25) is 15.1 Å². The van der Waals surface area contributed by atoms with Crippen molar-refractivity contribution >= 4 is 110 Å². The van der Waals surface area contributed by atoms with Gasteiger partial charge in [-0.15, -0.1) is 0 Å². The number of hydrogen-bond acceptors (Lipinski definition) is 22. The Morgan fingerprint density at radius 1 is 0.531 bits per heavy atom. The molecular formula is C98H103Cl3F3N21O5. The molecule has 10 aromatic rings. The largest absolute Gasteiger partial charge is 0.507 e. The van der Waals surface area contributed by atoms with Gasteiger partial charge in [0.15, 0.2) is 23.1 Å². The smallest absolute Gasteiger partial charge is 0.355 e. The number of aryl methyl sites for hydroxylation is 3. The first-order valence-corrected chi connectivity index (χ1v) is 44.0. The number of phenols is 1. The summed E-state index contributed by atoms with van der Waals surface area (Å²) in [5.74, 6) is 2.32. The number of piperazine rings is 3. The van der Waals surface area contributed by atoms with Crippen molar-refractivity contribution in [3.8, 4) is 51.3 Å². The van der Waals surface area contributed by atoms with Crippen LogP contribution >= 0.6 is 34.8 Å². The Bertz CT molecular complexity index is 6430. The molecule has 7 aromatic heterocycles. The zero-order valence-electron chi connectivity index (χ0n) is 75.4. The molecule has 5 atom stereocenters. The van der Waals surface area contributed by atoms with Crippen LogP contribution < -0.4 is 20.4 Å². The monoisotopic (exact) mass is 1820 g/mol. The van der Waals surface area contributed by atoms with Crippen LogP contribution in [0.4, 0.5) is 42.0 Å². The molecule has 12 heterocycles. The molecule has 0 saturated carbocycles. The highest BCUT2D eigenvalue weighted by molar-refractivity contribution is 6.35. The van der Waals surface area contributed by atoms with Gasteiger partial charge in [-0.25, -0.2) is 67.4 Å². The van der Waals surface area contributed by atoms with Gasteiger partial charge < -0.3 is 34.5 Å². The number of halogens is 6. The lowest BCUT2D eigenvalue weighted by molar-refractivity contribution is -0.131. The SMILES string of the molecule is C=CC(=O)N1CC(C)N(C2=NC(=C)N(c3c(C)nc(C(C)C)nc3C(C)C)c3nc(-c4ccccc4F)c(Cl)cc32)CC1C.C=CC(=O)N1CC(C)N(C2=NC(=C)N(c3c(C)nc(C=C)nc3C(C)C)c3nc(-c4ccccc4F)c(Cl)cc32)CC1C.C=CC(=O)N1CCN(c2nc(=O)n(-c3c(C)ccnc3C(C)C)c3nc(-c4c(O)cccc4F)c(Cl)cc23)CC1CC#N. The predicted molar refractivity (Wildman–Crippen MR) is 508 cm³/mol. The number of phenolic OH excluding ortho intramolecular Hbond substituents is 1. The van der Waals surface area contributed by atoms with Gasteiger partial charge in [-0.2, -0.15) is 10.2 Å². The van der Waals surface area contributed by atoms with Crippen LogP contribution in [-0.2, 0) is 14.4 Å². The molecule has 130 heavy (non-hydrogen) atoms. The molecule has 3 fully saturated rings. The van der Waals surface area contributed by atoms with E-state index in [1.54, 1.807) is 77.8 Å². The van der Waals surface area contributed by atoms with Crippen LogP contribution in [0.1, 0.15) is 170 Å². The molecule has 32 heteroatoms. The Morgan fingerprint density at radius 2 is 1.02 bits per heavy atom. The molecule has 5 unspecified atom stereocenters. The summed E-state index contributed by atoms with van der Waals surface area (Å²) in [6.45, 7) is 56.4. The number of aromatic hydroxyl groups is 1. The third-order valence-electron chi connectivity index (χ3n) is 23.5. The van der Waals surface area contributed by atoms with E-state index in [9.17, 15) is 29.5 Å². The van der Waals surface area contributed by atoms with Crippen molar-refractivity contribution in [1.82, 2.24) is 73.9 Å². The molecule has 5 aliphatic rings. The second kappa shape index (κ2) is 38.9. The molecule has 5 aliphatic heterocycles. The van der Waals surface area contributed by atoms with Gasteiger partial charge in [0, 0.05) is 93.2 Å². The number of amidine groups is 2. The number of carbonyl (C=O) groups excluding carboxylic acids is 3. The highest BCUT2D eigenvalue weighted by atomic mass is 35.5. The van der Waals surface area contributed by atoms with Crippen molar-refractivity contribution in [3.05, 3.63) is 266 Å². The van der Waals surface area contributed by atoms with Crippen LogP contribution in [-0.4, -0.2) is 184 Å². The summed E-state index contributed by atoms with van der Waals surface area (Å²) in [7, 11) is 0. The fourth-order valence-corrected chi connectivity index (χ4v) is 17.8. The normalized spacial score (nSPS) is 17.4. The standard InChI is InChI=1S/C34H39ClFN7O.C33H35ClFN7O.C31H29ClFN7O3/c1-10-28(44)41-16-21(7)42(17-20(41)6)33-25-15-26(35)30(24-13-11-12-14-27(24)36)40-34(25)43(23(9)38-33)31-22(8)37-32(19(4)5)39-29(31)18(2)3;1-9-27-36-21(7)31(29(38-27)18(3)4)42-22(8)37-32(41-17-19(5)40(16-20(41)6)28(43)10-2)24-15-25(34)30(39-33(24)42)23-13-11-12-14-26(23)35;1-5-24(42)39-14-13-38(16-19(39)9-11-34)29-20-15-21(32)27(25-22(33)7-6-8-23(25)41)36-30(20)40(31(43)37-29)28-18(4)10-12-35-26(28)17(2)3/h10-15,18-21H,1,9,16-17H2,2-8H3;9-15,18-20H,1-2,8,16-17H2,3-7H3;5-8,10,12,15,17,19,41H,1,9,13-14,16H2,2-4H3. The molecule has 15 rings (SSSR count). The second-order valence-corrected chi connectivity index (χ2v) is 35.1. The van der Waals surface area contributed by atoms with Gasteiger partial charge in [0.25, 0.3) is 0 Å². The summed E-state index contributed by atoms with van der Waals surface area (Å²) < 4.78 is 46.6. The first-order valence-electron chi connectivity index (χ1n) is 42.8. The minimum absolute atomic E-state index is 0.0201. The van der Waals surface area contributed by atoms with Crippen LogP contribution in [0.3, 0.4) is 0 Å². The molecular weight excluding hydrogens is 1710 g/mol. The molecule has 3 amide bonds. The third kappa shape index (κ3) is 18.3. The fraction of sp³-hybridized carbons (Fsp3) is 0.327. The number of benzene rings is 3. The molecule has 3 aromatic carbocycles. The molecule has 0 spiro atoms. The van der Waals surface area contributed by atoms with E-state index in [0.29, 0.717) is 135 Å². The minimum Gasteiger partial charge on any atom is -0.507 e. The van der Waals surface area contributed by atoms with Gasteiger partial charge >= 0.3 is 5.69 Å². The number of aliphatic imine (C=N–C) groups is 2. The van der Waals surface area contributed by atoms with Crippen molar-refractivity contribution in [2.45, 2.75) is 164 Å². The molecule has 1 N–H and O–H groups in total. The van der Waals surface area contributed by atoms with Crippen molar-refractivity contribution < 1.29 is 32.7 Å². The van der Waals surface area contributed by atoms with Gasteiger partial charge in [-0.05, 0) is 157 Å². The molecule has 672 valence electrons. The lowest BCUT2D eigenvalue weighted by atomic mass is 10.0. The van der Waals surface area contributed by atoms with E-state index in [1.807, 2.05) is 93.7 Å². The first-order chi connectivity index (χ1) is 61.9. The zero-order valence-corrected chi connectivity index (χ0v) is 77.6. The van der Waals surface area contributed by atoms with Crippen LogP contribution in [0.15, 0.2) is 181 Å². The highest BCUT2D eigenvalue weighted by Gasteiger charge is 2.43.